The molecule has 5 nitrogen and oxygen atoms in total. The van der Waals surface area contributed by atoms with E-state index in [9.17, 15) is 9.18 Å². The zero-order valence-corrected chi connectivity index (χ0v) is 15.0. The van der Waals surface area contributed by atoms with Crippen LogP contribution in [0.5, 0.6) is 0 Å². The monoisotopic (exact) mass is 370 g/mol. The molecule has 0 bridgehead atoms. The van der Waals surface area contributed by atoms with E-state index in [0.717, 1.165) is 11.3 Å². The van der Waals surface area contributed by atoms with Crippen LogP contribution in [0.3, 0.4) is 0 Å². The molecule has 0 aliphatic carbocycles. The van der Waals surface area contributed by atoms with Crippen LogP contribution >= 0.6 is 11.6 Å². The summed E-state index contributed by atoms with van der Waals surface area (Å²) < 4.78 is 15.4. The number of hydrazone groups is 1. The minimum atomic E-state index is -0.515. The molecule has 0 aliphatic heterocycles. The lowest BCUT2D eigenvalue weighted by Crippen LogP contribution is -2.18. The van der Waals surface area contributed by atoms with Crippen molar-refractivity contribution in [2.75, 3.05) is 0 Å². The van der Waals surface area contributed by atoms with E-state index in [4.69, 9.17) is 11.6 Å². The molecule has 1 N–H and O–H groups in total. The number of halogens is 2. The summed E-state index contributed by atoms with van der Waals surface area (Å²) in [5.74, 6) is -0.939. The van der Waals surface area contributed by atoms with E-state index < -0.39 is 11.7 Å². The number of amides is 1. The molecule has 0 saturated carbocycles. The normalized spacial score (nSPS) is 11.1. The Bertz CT molecular complexity index is 980. The van der Waals surface area contributed by atoms with E-state index >= 15 is 0 Å². The van der Waals surface area contributed by atoms with E-state index in [0.29, 0.717) is 16.3 Å². The molecule has 1 heterocycles. The van der Waals surface area contributed by atoms with Crippen LogP contribution < -0.4 is 5.43 Å². The van der Waals surface area contributed by atoms with Crippen molar-refractivity contribution in [3.8, 4) is 5.69 Å². The Balaban J connectivity index is 1.74. The average Bonchev–Trinajstić information content (AvgIpc) is 2.99. The third kappa shape index (κ3) is 3.81. The van der Waals surface area contributed by atoms with Crippen LogP contribution in [0.25, 0.3) is 5.69 Å². The van der Waals surface area contributed by atoms with E-state index in [1.165, 1.54) is 24.5 Å². The van der Waals surface area contributed by atoms with Crippen molar-refractivity contribution in [2.45, 2.75) is 13.8 Å². The van der Waals surface area contributed by atoms with Gasteiger partial charge in [-0.1, -0.05) is 29.3 Å². The second-order valence-electron chi connectivity index (χ2n) is 5.76. The molecule has 7 heteroatoms. The SMILES string of the molecule is Cc1ccc(-n2ncc(C(=O)NN=Cc3ccc(Cl)cc3F)c2C)cc1. The summed E-state index contributed by atoms with van der Waals surface area (Å²) in [6, 6.07) is 12.0. The van der Waals surface area contributed by atoms with Crippen LogP contribution in [0.4, 0.5) is 4.39 Å². The Hall–Kier alpha value is -2.99. The maximum Gasteiger partial charge on any atom is 0.274 e. The summed E-state index contributed by atoms with van der Waals surface area (Å²) in [5.41, 5.74) is 5.67. The molecule has 0 fully saturated rings. The molecule has 26 heavy (non-hydrogen) atoms. The van der Waals surface area contributed by atoms with E-state index in [1.807, 2.05) is 31.2 Å². The first-order chi connectivity index (χ1) is 12.5. The smallest absolute Gasteiger partial charge is 0.267 e. The summed E-state index contributed by atoms with van der Waals surface area (Å²) >= 11 is 5.70. The average molecular weight is 371 g/mol. The number of aromatic nitrogens is 2. The largest absolute Gasteiger partial charge is 0.274 e. The molecule has 0 saturated heterocycles. The zero-order chi connectivity index (χ0) is 18.7. The third-order valence-electron chi connectivity index (χ3n) is 3.87. The number of benzene rings is 2. The topological polar surface area (TPSA) is 59.3 Å². The minimum absolute atomic E-state index is 0.224. The molecule has 3 aromatic rings. The molecule has 3 rings (SSSR count). The van der Waals surface area contributed by atoms with Crippen molar-refractivity contribution in [3.05, 3.63) is 81.9 Å². The van der Waals surface area contributed by atoms with Crippen molar-refractivity contribution < 1.29 is 9.18 Å². The Kier molecular flexibility index (Phi) is 5.14. The van der Waals surface area contributed by atoms with Gasteiger partial charge in [0.25, 0.3) is 5.91 Å². The number of rotatable bonds is 4. The van der Waals surface area contributed by atoms with Gasteiger partial charge in [-0.15, -0.1) is 0 Å². The quantitative estimate of drug-likeness (QED) is 0.556. The van der Waals surface area contributed by atoms with Gasteiger partial charge in [0.1, 0.15) is 5.82 Å². The first-order valence-corrected chi connectivity index (χ1v) is 8.23. The lowest BCUT2D eigenvalue weighted by Gasteiger charge is -2.05. The van der Waals surface area contributed by atoms with Crippen LogP contribution in [-0.2, 0) is 0 Å². The molecule has 0 radical (unpaired) electrons. The molecule has 132 valence electrons. The van der Waals surface area contributed by atoms with Gasteiger partial charge in [0.05, 0.1) is 29.4 Å². The van der Waals surface area contributed by atoms with Gasteiger partial charge in [-0.05, 0) is 44.2 Å². The summed E-state index contributed by atoms with van der Waals surface area (Å²) in [7, 11) is 0. The van der Waals surface area contributed by atoms with Gasteiger partial charge in [0, 0.05) is 10.6 Å². The predicted molar refractivity (Wildman–Crippen MR) is 99.5 cm³/mol. The highest BCUT2D eigenvalue weighted by molar-refractivity contribution is 6.30. The molecule has 0 spiro atoms. The lowest BCUT2D eigenvalue weighted by molar-refractivity contribution is 0.0954. The summed E-state index contributed by atoms with van der Waals surface area (Å²) in [6.07, 6.45) is 2.70. The van der Waals surface area contributed by atoms with Crippen molar-refractivity contribution >= 4 is 23.7 Å². The van der Waals surface area contributed by atoms with Gasteiger partial charge >= 0.3 is 0 Å². The third-order valence-corrected chi connectivity index (χ3v) is 4.10. The highest BCUT2D eigenvalue weighted by Gasteiger charge is 2.14. The fourth-order valence-corrected chi connectivity index (χ4v) is 2.56. The van der Waals surface area contributed by atoms with Gasteiger partial charge in [0.2, 0.25) is 0 Å². The minimum Gasteiger partial charge on any atom is -0.267 e. The Morgan fingerprint density at radius 2 is 1.96 bits per heavy atom. The Morgan fingerprint density at radius 3 is 2.65 bits per heavy atom. The van der Waals surface area contributed by atoms with E-state index in [-0.39, 0.29) is 5.56 Å². The molecule has 0 aliphatic rings. The second kappa shape index (κ2) is 7.49. The van der Waals surface area contributed by atoms with Crippen LogP contribution in [0.1, 0.15) is 27.2 Å². The molecule has 0 unspecified atom stereocenters. The van der Waals surface area contributed by atoms with Gasteiger partial charge in [0.15, 0.2) is 0 Å². The first-order valence-electron chi connectivity index (χ1n) is 7.86. The van der Waals surface area contributed by atoms with Gasteiger partial charge in [-0.3, -0.25) is 4.79 Å². The number of hydrogen-bond donors (Lipinski definition) is 1. The zero-order valence-electron chi connectivity index (χ0n) is 14.2. The van der Waals surface area contributed by atoms with Crippen LogP contribution in [0, 0.1) is 19.7 Å². The standard InChI is InChI=1S/C19H16ClFN4O/c1-12-3-7-16(8-4-12)25-13(2)17(11-23-25)19(26)24-22-10-14-5-6-15(20)9-18(14)21/h3-11H,1-2H3,(H,24,26). The fraction of sp³-hybridized carbons (Fsp3) is 0.105. The van der Waals surface area contributed by atoms with Crippen LogP contribution in [0.2, 0.25) is 5.02 Å². The molecular formula is C19H16ClFN4O. The highest BCUT2D eigenvalue weighted by Crippen LogP contribution is 2.15. The van der Waals surface area contributed by atoms with Gasteiger partial charge in [-0.25, -0.2) is 14.5 Å². The van der Waals surface area contributed by atoms with Crippen LogP contribution in [0.15, 0.2) is 53.8 Å². The van der Waals surface area contributed by atoms with Gasteiger partial charge in [-0.2, -0.15) is 10.2 Å². The lowest BCUT2D eigenvalue weighted by atomic mass is 10.2. The van der Waals surface area contributed by atoms with Crippen molar-refractivity contribution in [1.29, 1.82) is 0 Å². The van der Waals surface area contributed by atoms with Crippen molar-refractivity contribution in [3.63, 3.8) is 0 Å². The van der Waals surface area contributed by atoms with Crippen molar-refractivity contribution in [2.24, 2.45) is 5.10 Å². The van der Waals surface area contributed by atoms with E-state index in [2.05, 4.69) is 15.6 Å². The molecule has 1 aromatic heterocycles. The number of carbonyl (C=O) groups is 1. The number of nitrogens with zero attached hydrogens (tertiary/aromatic N) is 3. The number of carbonyl (C=O) groups excluding carboxylic acids is 1. The molecular weight excluding hydrogens is 355 g/mol. The maximum absolute atomic E-state index is 13.7. The number of nitrogens with one attached hydrogen (secondary N) is 1. The predicted octanol–water partition coefficient (Wildman–Crippen LogP) is 4.05. The fourth-order valence-electron chi connectivity index (χ4n) is 2.41. The Morgan fingerprint density at radius 1 is 1.23 bits per heavy atom. The molecule has 1 amide bonds. The summed E-state index contributed by atoms with van der Waals surface area (Å²) in [5, 5.41) is 8.35. The molecule has 0 atom stereocenters. The molecule has 2 aromatic carbocycles. The van der Waals surface area contributed by atoms with Gasteiger partial charge < -0.3 is 0 Å². The maximum atomic E-state index is 13.7. The van der Waals surface area contributed by atoms with Crippen molar-refractivity contribution in [1.82, 2.24) is 15.2 Å². The van der Waals surface area contributed by atoms with Crippen LogP contribution in [-0.4, -0.2) is 21.9 Å². The first kappa shape index (κ1) is 17.8. The second-order valence-corrected chi connectivity index (χ2v) is 6.19. The number of hydrogen-bond acceptors (Lipinski definition) is 3. The summed E-state index contributed by atoms with van der Waals surface area (Å²) in [4.78, 5) is 12.3. The number of aryl methyl sites for hydroxylation is 1. The van der Waals surface area contributed by atoms with E-state index in [1.54, 1.807) is 17.7 Å². The summed E-state index contributed by atoms with van der Waals surface area (Å²) in [6.45, 7) is 3.80. The highest BCUT2D eigenvalue weighted by atomic mass is 35.5. The Labute approximate surface area is 155 Å².